The number of carbonyl (C=O) groups is 2. The summed E-state index contributed by atoms with van der Waals surface area (Å²) < 4.78 is 6.88. The zero-order valence-electron chi connectivity index (χ0n) is 19.6. The van der Waals surface area contributed by atoms with E-state index in [9.17, 15) is 9.59 Å². The summed E-state index contributed by atoms with van der Waals surface area (Å²) >= 11 is 12.0. The third-order valence-electron chi connectivity index (χ3n) is 4.96. The summed E-state index contributed by atoms with van der Waals surface area (Å²) in [6.07, 6.45) is 0. The van der Waals surface area contributed by atoms with E-state index in [0.717, 1.165) is 11.4 Å². The van der Waals surface area contributed by atoms with Gasteiger partial charge in [0, 0.05) is 23.6 Å². The van der Waals surface area contributed by atoms with Crippen molar-refractivity contribution in [3.63, 3.8) is 0 Å². The van der Waals surface area contributed by atoms with Crippen LogP contribution < -0.4 is 15.4 Å². The van der Waals surface area contributed by atoms with E-state index in [4.69, 9.17) is 27.9 Å². The molecule has 0 aliphatic carbocycles. The first-order valence-electron chi connectivity index (χ1n) is 10.5. The highest BCUT2D eigenvalue weighted by molar-refractivity contribution is 6.36. The Labute approximate surface area is 208 Å². The van der Waals surface area contributed by atoms with Gasteiger partial charge in [-0.1, -0.05) is 44.0 Å². The first-order valence-corrected chi connectivity index (χ1v) is 11.3. The molecule has 10 heteroatoms. The molecular formula is C24H27Cl2N5O3. The van der Waals surface area contributed by atoms with Gasteiger partial charge in [0.25, 0.3) is 0 Å². The normalized spacial score (nSPS) is 11.1. The van der Waals surface area contributed by atoms with Crippen molar-refractivity contribution in [1.29, 1.82) is 0 Å². The van der Waals surface area contributed by atoms with Crippen LogP contribution in [0.1, 0.15) is 26.5 Å². The van der Waals surface area contributed by atoms with Crippen LogP contribution in [0.2, 0.25) is 10.0 Å². The predicted molar refractivity (Wildman–Crippen MR) is 136 cm³/mol. The van der Waals surface area contributed by atoms with Gasteiger partial charge in [-0.25, -0.2) is 9.48 Å². The number of amides is 3. The maximum atomic E-state index is 12.8. The minimum Gasteiger partial charge on any atom is -0.497 e. The first kappa shape index (κ1) is 25.4. The number of likely N-dealkylation sites (N-methyl/N-ethyl adjacent to an activating group) is 1. The Morgan fingerprint density at radius 3 is 2.32 bits per heavy atom. The molecule has 3 rings (SSSR count). The van der Waals surface area contributed by atoms with Gasteiger partial charge in [-0.2, -0.15) is 5.10 Å². The van der Waals surface area contributed by atoms with Crippen LogP contribution in [0, 0.1) is 0 Å². The largest absolute Gasteiger partial charge is 0.497 e. The highest BCUT2D eigenvalue weighted by Crippen LogP contribution is 2.27. The topological polar surface area (TPSA) is 88.5 Å². The van der Waals surface area contributed by atoms with Gasteiger partial charge in [0.05, 0.1) is 29.2 Å². The molecule has 0 saturated heterocycles. The zero-order valence-corrected chi connectivity index (χ0v) is 21.2. The molecule has 1 aromatic heterocycles. The lowest BCUT2D eigenvalue weighted by Gasteiger charge is -2.18. The second-order valence-corrected chi connectivity index (χ2v) is 9.58. The summed E-state index contributed by atoms with van der Waals surface area (Å²) in [5, 5.41) is 11.0. The average molecular weight is 504 g/mol. The number of methoxy groups -OCH3 is 1. The molecule has 0 bridgehead atoms. The second-order valence-electron chi connectivity index (χ2n) is 8.73. The number of hydrogen-bond donors (Lipinski definition) is 2. The maximum absolute atomic E-state index is 12.8. The minimum absolute atomic E-state index is 0.185. The van der Waals surface area contributed by atoms with Gasteiger partial charge in [-0.3, -0.25) is 4.79 Å². The Hall–Kier alpha value is -3.23. The summed E-state index contributed by atoms with van der Waals surface area (Å²) in [7, 11) is 3.11. The molecular weight excluding hydrogens is 477 g/mol. The number of urea groups is 1. The molecule has 0 fully saturated rings. The van der Waals surface area contributed by atoms with Gasteiger partial charge < -0.3 is 20.3 Å². The number of hydrogen-bond acceptors (Lipinski definition) is 4. The molecule has 0 spiro atoms. The van der Waals surface area contributed by atoms with Crippen LogP contribution in [-0.4, -0.2) is 47.3 Å². The van der Waals surface area contributed by atoms with Gasteiger partial charge in [0.2, 0.25) is 5.91 Å². The summed E-state index contributed by atoms with van der Waals surface area (Å²) in [6.45, 7) is 5.94. The summed E-state index contributed by atoms with van der Waals surface area (Å²) in [6, 6.07) is 13.4. The maximum Gasteiger partial charge on any atom is 0.322 e. The van der Waals surface area contributed by atoms with E-state index in [1.54, 1.807) is 23.9 Å². The number of anilines is 2. The van der Waals surface area contributed by atoms with Crippen LogP contribution >= 0.6 is 23.2 Å². The number of nitrogens with one attached hydrogen (secondary N) is 2. The summed E-state index contributed by atoms with van der Waals surface area (Å²) in [5.74, 6) is 0.829. The molecule has 0 saturated carbocycles. The SMILES string of the molecule is COc1ccc(-n2nc(C(C)(C)C)cc2NC(=O)CN(C)C(=O)Nc2ccc(Cl)cc2Cl)cc1. The van der Waals surface area contributed by atoms with Crippen LogP contribution in [0.25, 0.3) is 5.69 Å². The van der Waals surface area contributed by atoms with Crippen LogP contribution in [0.15, 0.2) is 48.5 Å². The van der Waals surface area contributed by atoms with Crippen LogP contribution in [-0.2, 0) is 10.2 Å². The monoisotopic (exact) mass is 503 g/mol. The molecule has 3 aromatic rings. The van der Waals surface area contributed by atoms with E-state index in [1.807, 2.05) is 51.1 Å². The standard InChI is InChI=1S/C24H27Cl2N5O3/c1-24(2,3)20-13-21(31(29-20)16-7-9-17(34-5)10-8-16)28-22(32)14-30(4)23(33)27-19-11-6-15(25)12-18(19)26/h6-13H,14H2,1-5H3,(H,27,33)(H,28,32). The molecule has 2 aromatic carbocycles. The van der Waals surface area contributed by atoms with E-state index >= 15 is 0 Å². The first-order chi connectivity index (χ1) is 16.0. The van der Waals surface area contributed by atoms with Crippen LogP contribution in [0.3, 0.4) is 0 Å². The highest BCUT2D eigenvalue weighted by atomic mass is 35.5. The Morgan fingerprint density at radius 1 is 1.06 bits per heavy atom. The third-order valence-corrected chi connectivity index (χ3v) is 5.51. The van der Waals surface area contributed by atoms with Crippen LogP contribution in [0.5, 0.6) is 5.75 Å². The highest BCUT2D eigenvalue weighted by Gasteiger charge is 2.22. The van der Waals surface area contributed by atoms with Crippen molar-refractivity contribution in [3.05, 3.63) is 64.3 Å². The van der Waals surface area contributed by atoms with Gasteiger partial charge in [-0.15, -0.1) is 0 Å². The fourth-order valence-electron chi connectivity index (χ4n) is 3.03. The number of rotatable bonds is 6. The number of ether oxygens (including phenoxy) is 1. The molecule has 0 radical (unpaired) electrons. The van der Waals surface area contributed by atoms with E-state index < -0.39 is 6.03 Å². The number of aromatic nitrogens is 2. The molecule has 34 heavy (non-hydrogen) atoms. The molecule has 0 unspecified atom stereocenters. The number of halogens is 2. The second kappa shape index (κ2) is 10.4. The van der Waals surface area contributed by atoms with Crippen molar-refractivity contribution < 1.29 is 14.3 Å². The molecule has 180 valence electrons. The van der Waals surface area contributed by atoms with Crippen molar-refractivity contribution in [2.24, 2.45) is 0 Å². The van der Waals surface area contributed by atoms with Gasteiger partial charge in [0.15, 0.2) is 0 Å². The Morgan fingerprint density at radius 2 is 1.74 bits per heavy atom. The zero-order chi connectivity index (χ0) is 25.0. The predicted octanol–water partition coefficient (Wildman–Crippen LogP) is 5.59. The molecule has 0 aliphatic heterocycles. The summed E-state index contributed by atoms with van der Waals surface area (Å²) in [4.78, 5) is 26.6. The molecule has 0 aliphatic rings. The fourth-order valence-corrected chi connectivity index (χ4v) is 3.48. The average Bonchev–Trinajstić information content (AvgIpc) is 3.19. The van der Waals surface area contributed by atoms with Crippen molar-refractivity contribution in [2.45, 2.75) is 26.2 Å². The van der Waals surface area contributed by atoms with E-state index in [2.05, 4.69) is 15.7 Å². The molecule has 8 nitrogen and oxygen atoms in total. The van der Waals surface area contributed by atoms with Gasteiger partial charge >= 0.3 is 6.03 Å². The Kier molecular flexibility index (Phi) is 7.74. The quantitative estimate of drug-likeness (QED) is 0.458. The lowest BCUT2D eigenvalue weighted by molar-refractivity contribution is -0.116. The third kappa shape index (κ3) is 6.21. The molecule has 1 heterocycles. The smallest absolute Gasteiger partial charge is 0.322 e. The number of carbonyl (C=O) groups excluding carboxylic acids is 2. The van der Waals surface area contributed by atoms with Gasteiger partial charge in [0.1, 0.15) is 18.1 Å². The van der Waals surface area contributed by atoms with Crippen molar-refractivity contribution >= 4 is 46.6 Å². The van der Waals surface area contributed by atoms with Crippen molar-refractivity contribution in [3.8, 4) is 11.4 Å². The van der Waals surface area contributed by atoms with Crippen molar-refractivity contribution in [1.82, 2.24) is 14.7 Å². The summed E-state index contributed by atoms with van der Waals surface area (Å²) in [5.41, 5.74) is 1.74. The Bertz CT molecular complexity index is 1190. The van der Waals surface area contributed by atoms with Gasteiger partial charge in [-0.05, 0) is 42.5 Å². The number of benzene rings is 2. The van der Waals surface area contributed by atoms with Crippen molar-refractivity contribution in [2.75, 3.05) is 31.3 Å². The molecule has 0 atom stereocenters. The molecule has 2 N–H and O–H groups in total. The van der Waals surface area contributed by atoms with E-state index in [0.29, 0.717) is 27.3 Å². The Balaban J connectivity index is 1.75. The lowest BCUT2D eigenvalue weighted by Crippen LogP contribution is -2.38. The lowest BCUT2D eigenvalue weighted by atomic mass is 9.92. The van der Waals surface area contributed by atoms with E-state index in [1.165, 1.54) is 18.0 Å². The fraction of sp³-hybridized carbons (Fsp3) is 0.292. The van der Waals surface area contributed by atoms with E-state index in [-0.39, 0.29) is 17.9 Å². The van der Waals surface area contributed by atoms with Crippen LogP contribution in [0.4, 0.5) is 16.3 Å². The minimum atomic E-state index is -0.488. The molecule has 3 amide bonds. The number of nitrogens with zero attached hydrogens (tertiary/aromatic N) is 3.